The lowest BCUT2D eigenvalue weighted by Crippen LogP contribution is -2.09. The number of pyridine rings is 1. The fourth-order valence-corrected chi connectivity index (χ4v) is 2.81. The Labute approximate surface area is 138 Å². The molecule has 0 saturated carbocycles. The van der Waals surface area contributed by atoms with Gasteiger partial charge in [0.15, 0.2) is 11.6 Å². The number of aliphatic hydroxyl groups is 1. The van der Waals surface area contributed by atoms with E-state index < -0.39 is 0 Å². The van der Waals surface area contributed by atoms with Crippen molar-refractivity contribution in [3.05, 3.63) is 60.0 Å². The third-order valence-electron chi connectivity index (χ3n) is 4.00. The summed E-state index contributed by atoms with van der Waals surface area (Å²) in [5, 5.41) is 13.9. The number of Topliss-reactive ketones (excluding diaryl/α,β-unsaturated/α-hetero) is 1. The first-order chi connectivity index (χ1) is 11.8. The van der Waals surface area contributed by atoms with E-state index in [4.69, 9.17) is 0 Å². The van der Waals surface area contributed by atoms with E-state index in [9.17, 15) is 9.90 Å². The Balaban J connectivity index is 1.81. The molecule has 118 valence electrons. The molecule has 0 fully saturated rings. The van der Waals surface area contributed by atoms with Crippen LogP contribution in [-0.2, 0) is 6.61 Å². The molecular formula is C18H14N4O2. The van der Waals surface area contributed by atoms with Gasteiger partial charge in [-0.3, -0.25) is 9.79 Å². The molecule has 1 N–H and O–H groups in total. The van der Waals surface area contributed by atoms with E-state index in [1.54, 1.807) is 29.4 Å². The van der Waals surface area contributed by atoms with Crippen LogP contribution in [0.4, 0.5) is 5.69 Å². The van der Waals surface area contributed by atoms with Crippen molar-refractivity contribution >= 4 is 17.7 Å². The van der Waals surface area contributed by atoms with Crippen LogP contribution in [0.15, 0.2) is 53.9 Å². The smallest absolute Gasteiger partial charge is 0.180 e. The molecule has 0 unspecified atom stereocenters. The highest BCUT2D eigenvalue weighted by atomic mass is 16.3. The predicted octanol–water partition coefficient (Wildman–Crippen LogP) is 2.72. The van der Waals surface area contributed by atoms with Crippen molar-refractivity contribution in [2.75, 3.05) is 0 Å². The molecule has 0 aliphatic carbocycles. The number of benzene rings is 1. The molecule has 0 spiro atoms. The van der Waals surface area contributed by atoms with Gasteiger partial charge in [0.2, 0.25) is 0 Å². The van der Waals surface area contributed by atoms with Crippen LogP contribution in [0.3, 0.4) is 0 Å². The van der Waals surface area contributed by atoms with Crippen LogP contribution in [-0.4, -0.2) is 31.9 Å². The zero-order valence-electron chi connectivity index (χ0n) is 12.8. The Hall–Kier alpha value is -3.12. The average Bonchev–Trinajstić information content (AvgIpc) is 3.11. The maximum atomic E-state index is 12.0. The molecule has 0 radical (unpaired) electrons. The fraction of sp³-hybridized carbons (Fsp3) is 0.111. The Morgan fingerprint density at radius 3 is 2.92 bits per heavy atom. The maximum absolute atomic E-state index is 12.0. The summed E-state index contributed by atoms with van der Waals surface area (Å²) in [5.41, 5.74) is 3.71. The van der Waals surface area contributed by atoms with Crippen molar-refractivity contribution in [2.24, 2.45) is 4.99 Å². The monoisotopic (exact) mass is 318 g/mol. The summed E-state index contributed by atoms with van der Waals surface area (Å²) in [4.78, 5) is 20.7. The molecule has 0 saturated heterocycles. The number of nitrogens with zero attached hydrogens (tertiary/aromatic N) is 4. The molecule has 1 aliphatic heterocycles. The second kappa shape index (κ2) is 5.82. The summed E-state index contributed by atoms with van der Waals surface area (Å²) in [6.45, 7) is -0.0425. The molecule has 1 aromatic carbocycles. The summed E-state index contributed by atoms with van der Waals surface area (Å²) >= 11 is 0. The topological polar surface area (TPSA) is 80.4 Å². The van der Waals surface area contributed by atoms with Crippen LogP contribution >= 0.6 is 0 Å². The molecular weight excluding hydrogens is 304 g/mol. The third-order valence-corrected chi connectivity index (χ3v) is 4.00. The number of carbonyl (C=O) groups excluding carboxylic acids is 1. The van der Waals surface area contributed by atoms with E-state index >= 15 is 0 Å². The molecule has 0 amide bonds. The molecule has 4 rings (SSSR count). The minimum Gasteiger partial charge on any atom is -0.392 e. The SMILES string of the molecule is O=C1CC=Nc2c1ccnc2-n1cc(-c2ccccc2CO)cn1. The van der Waals surface area contributed by atoms with Crippen LogP contribution < -0.4 is 0 Å². The van der Waals surface area contributed by atoms with E-state index in [0.717, 1.165) is 16.7 Å². The number of aliphatic imine (C=N–C) groups is 1. The molecule has 0 atom stereocenters. The number of rotatable bonds is 3. The summed E-state index contributed by atoms with van der Waals surface area (Å²) in [7, 11) is 0. The van der Waals surface area contributed by atoms with Gasteiger partial charge in [-0.25, -0.2) is 9.67 Å². The number of carbonyl (C=O) groups is 1. The number of aromatic nitrogens is 3. The van der Waals surface area contributed by atoms with Crippen molar-refractivity contribution < 1.29 is 9.90 Å². The molecule has 2 aromatic heterocycles. The van der Waals surface area contributed by atoms with Crippen LogP contribution in [0, 0.1) is 0 Å². The summed E-state index contributed by atoms with van der Waals surface area (Å²) in [6, 6.07) is 9.29. The van der Waals surface area contributed by atoms with Gasteiger partial charge in [-0.2, -0.15) is 5.10 Å². The number of ketones is 1. The molecule has 3 aromatic rings. The van der Waals surface area contributed by atoms with Crippen molar-refractivity contribution in [3.8, 4) is 16.9 Å². The van der Waals surface area contributed by atoms with Gasteiger partial charge in [0.25, 0.3) is 0 Å². The minimum absolute atomic E-state index is 0.0293. The lowest BCUT2D eigenvalue weighted by atomic mass is 10.0. The second-order valence-electron chi connectivity index (χ2n) is 5.46. The first-order valence-corrected chi connectivity index (χ1v) is 7.57. The van der Waals surface area contributed by atoms with Gasteiger partial charge in [-0.15, -0.1) is 0 Å². The van der Waals surface area contributed by atoms with E-state index in [-0.39, 0.29) is 12.4 Å². The van der Waals surface area contributed by atoms with Gasteiger partial charge < -0.3 is 5.11 Å². The molecule has 0 bridgehead atoms. The van der Waals surface area contributed by atoms with Gasteiger partial charge in [0.1, 0.15) is 5.69 Å². The minimum atomic E-state index is -0.0425. The zero-order chi connectivity index (χ0) is 16.5. The molecule has 6 heteroatoms. The van der Waals surface area contributed by atoms with Gasteiger partial charge >= 0.3 is 0 Å². The van der Waals surface area contributed by atoms with Crippen LogP contribution in [0.1, 0.15) is 22.3 Å². The lowest BCUT2D eigenvalue weighted by Gasteiger charge is -2.11. The Morgan fingerprint density at radius 1 is 1.17 bits per heavy atom. The first-order valence-electron chi connectivity index (χ1n) is 7.57. The molecule has 1 aliphatic rings. The van der Waals surface area contributed by atoms with Gasteiger partial charge in [0.05, 0.1) is 12.8 Å². The van der Waals surface area contributed by atoms with E-state index in [0.29, 0.717) is 23.5 Å². The number of aliphatic hydroxyl groups excluding tert-OH is 1. The summed E-state index contributed by atoms with van der Waals surface area (Å²) in [5.74, 6) is 0.547. The van der Waals surface area contributed by atoms with Gasteiger partial charge in [0, 0.05) is 36.2 Å². The van der Waals surface area contributed by atoms with E-state index in [1.165, 1.54) is 0 Å². The lowest BCUT2D eigenvalue weighted by molar-refractivity contribution is 0.100. The Bertz CT molecular complexity index is 959. The molecule has 24 heavy (non-hydrogen) atoms. The van der Waals surface area contributed by atoms with Crippen molar-refractivity contribution in [2.45, 2.75) is 13.0 Å². The highest BCUT2D eigenvalue weighted by Crippen LogP contribution is 2.30. The van der Waals surface area contributed by atoms with Crippen LogP contribution in [0.2, 0.25) is 0 Å². The van der Waals surface area contributed by atoms with E-state index in [1.807, 2.05) is 30.5 Å². The highest BCUT2D eigenvalue weighted by Gasteiger charge is 2.20. The summed E-state index contributed by atoms with van der Waals surface area (Å²) < 4.78 is 1.61. The number of hydrogen-bond acceptors (Lipinski definition) is 5. The predicted molar refractivity (Wildman–Crippen MR) is 89.8 cm³/mol. The number of fused-ring (bicyclic) bond motifs is 1. The normalized spacial score (nSPS) is 13.1. The standard InChI is InChI=1S/C18H14N4O2/c23-11-12-3-1-2-4-14(12)13-9-21-22(10-13)18-17-15(5-7-20-18)16(24)6-8-19-17/h1-5,7-10,23H,6,11H2. The van der Waals surface area contributed by atoms with E-state index in [2.05, 4.69) is 15.1 Å². The Morgan fingerprint density at radius 2 is 2.04 bits per heavy atom. The van der Waals surface area contributed by atoms with Gasteiger partial charge in [-0.1, -0.05) is 24.3 Å². The molecule has 3 heterocycles. The van der Waals surface area contributed by atoms with Crippen molar-refractivity contribution in [1.29, 1.82) is 0 Å². The quantitative estimate of drug-likeness (QED) is 0.805. The first kappa shape index (κ1) is 14.5. The second-order valence-corrected chi connectivity index (χ2v) is 5.46. The molecule has 6 nitrogen and oxygen atoms in total. The van der Waals surface area contributed by atoms with Gasteiger partial charge in [-0.05, 0) is 17.2 Å². The largest absolute Gasteiger partial charge is 0.392 e. The highest BCUT2D eigenvalue weighted by molar-refractivity contribution is 6.10. The van der Waals surface area contributed by atoms with Crippen LogP contribution in [0.5, 0.6) is 0 Å². The maximum Gasteiger partial charge on any atom is 0.180 e. The van der Waals surface area contributed by atoms with Crippen LogP contribution in [0.25, 0.3) is 16.9 Å². The Kier molecular flexibility index (Phi) is 3.51. The number of hydrogen-bond donors (Lipinski definition) is 1. The average molecular weight is 318 g/mol. The fourth-order valence-electron chi connectivity index (χ4n) is 2.81. The summed E-state index contributed by atoms with van der Waals surface area (Å²) in [6.07, 6.45) is 7.04. The zero-order valence-corrected chi connectivity index (χ0v) is 12.8. The van der Waals surface area contributed by atoms with Crippen molar-refractivity contribution in [1.82, 2.24) is 14.8 Å². The van der Waals surface area contributed by atoms with Crippen molar-refractivity contribution in [3.63, 3.8) is 0 Å². The third kappa shape index (κ3) is 2.33.